The molecule has 0 saturated heterocycles. The van der Waals surface area contributed by atoms with Gasteiger partial charge in [0.2, 0.25) is 0 Å². The highest BCUT2D eigenvalue weighted by atomic mass is 19.4. The SMILES string of the molecule is CC(NC1CCC(O)CC1)c1cc(C(F)(F)F)cc(C(F)(F)F)c1. The highest BCUT2D eigenvalue weighted by molar-refractivity contribution is 5.35. The van der Waals surface area contributed by atoms with Gasteiger partial charge in [0.1, 0.15) is 0 Å². The zero-order valence-corrected chi connectivity index (χ0v) is 13.0. The molecule has 0 heterocycles. The van der Waals surface area contributed by atoms with E-state index in [1.165, 1.54) is 0 Å². The van der Waals surface area contributed by atoms with Crippen LogP contribution in [0.25, 0.3) is 0 Å². The van der Waals surface area contributed by atoms with Crippen LogP contribution in [-0.4, -0.2) is 17.3 Å². The molecule has 24 heavy (non-hydrogen) atoms. The molecule has 0 amide bonds. The fourth-order valence-corrected chi connectivity index (χ4v) is 2.92. The van der Waals surface area contributed by atoms with Gasteiger partial charge in [0.15, 0.2) is 0 Å². The zero-order chi connectivity index (χ0) is 18.1. The van der Waals surface area contributed by atoms with Gasteiger partial charge in [-0.05, 0) is 56.4 Å². The van der Waals surface area contributed by atoms with E-state index in [0.717, 1.165) is 12.1 Å². The van der Waals surface area contributed by atoms with Crippen LogP contribution in [0.4, 0.5) is 26.3 Å². The second-order valence-corrected chi connectivity index (χ2v) is 6.23. The predicted octanol–water partition coefficient (Wildman–Crippen LogP) is 4.68. The fraction of sp³-hybridized carbons (Fsp3) is 0.625. The minimum Gasteiger partial charge on any atom is -0.393 e. The molecule has 2 nitrogen and oxygen atoms in total. The monoisotopic (exact) mass is 355 g/mol. The van der Waals surface area contributed by atoms with E-state index in [9.17, 15) is 31.4 Å². The van der Waals surface area contributed by atoms with E-state index >= 15 is 0 Å². The molecule has 2 rings (SSSR count). The summed E-state index contributed by atoms with van der Waals surface area (Å²) >= 11 is 0. The second kappa shape index (κ2) is 6.92. The smallest absolute Gasteiger partial charge is 0.393 e. The third kappa shape index (κ3) is 4.86. The van der Waals surface area contributed by atoms with Crippen molar-refractivity contribution in [3.8, 4) is 0 Å². The lowest BCUT2D eigenvalue weighted by molar-refractivity contribution is -0.143. The minimum absolute atomic E-state index is 0.0349. The summed E-state index contributed by atoms with van der Waals surface area (Å²) in [5, 5.41) is 12.5. The van der Waals surface area contributed by atoms with E-state index in [-0.39, 0.29) is 23.8 Å². The van der Waals surface area contributed by atoms with E-state index in [0.29, 0.717) is 25.7 Å². The molecule has 8 heteroatoms. The van der Waals surface area contributed by atoms with Crippen LogP contribution in [0.3, 0.4) is 0 Å². The topological polar surface area (TPSA) is 32.3 Å². The van der Waals surface area contributed by atoms with Gasteiger partial charge in [-0.1, -0.05) is 0 Å². The Bertz CT molecular complexity index is 528. The summed E-state index contributed by atoms with van der Waals surface area (Å²) in [7, 11) is 0. The van der Waals surface area contributed by atoms with Gasteiger partial charge in [-0.2, -0.15) is 26.3 Å². The predicted molar refractivity (Wildman–Crippen MR) is 76.3 cm³/mol. The number of hydrogen-bond acceptors (Lipinski definition) is 2. The maximum Gasteiger partial charge on any atom is 0.416 e. The lowest BCUT2D eigenvalue weighted by Gasteiger charge is -2.29. The molecule has 1 atom stereocenters. The van der Waals surface area contributed by atoms with Gasteiger partial charge >= 0.3 is 12.4 Å². The Morgan fingerprint density at radius 3 is 1.79 bits per heavy atom. The summed E-state index contributed by atoms with van der Waals surface area (Å²) in [6.45, 7) is 1.54. The molecule has 136 valence electrons. The molecule has 1 unspecified atom stereocenters. The van der Waals surface area contributed by atoms with Crippen molar-refractivity contribution < 1.29 is 31.4 Å². The highest BCUT2D eigenvalue weighted by Gasteiger charge is 2.37. The number of aliphatic hydroxyl groups is 1. The number of benzene rings is 1. The quantitative estimate of drug-likeness (QED) is 0.772. The van der Waals surface area contributed by atoms with Crippen molar-refractivity contribution in [3.63, 3.8) is 0 Å². The average Bonchev–Trinajstić information content (AvgIpc) is 2.47. The van der Waals surface area contributed by atoms with Gasteiger partial charge in [-0.15, -0.1) is 0 Å². The van der Waals surface area contributed by atoms with Gasteiger partial charge in [0.05, 0.1) is 17.2 Å². The molecule has 0 aliphatic heterocycles. The van der Waals surface area contributed by atoms with Gasteiger partial charge < -0.3 is 10.4 Å². The number of aliphatic hydroxyl groups excluding tert-OH is 1. The fourth-order valence-electron chi connectivity index (χ4n) is 2.92. The zero-order valence-electron chi connectivity index (χ0n) is 13.0. The first kappa shape index (κ1) is 19.1. The third-order valence-corrected chi connectivity index (χ3v) is 4.29. The van der Waals surface area contributed by atoms with Crippen molar-refractivity contribution in [2.75, 3.05) is 0 Å². The van der Waals surface area contributed by atoms with E-state index < -0.39 is 29.5 Å². The van der Waals surface area contributed by atoms with Gasteiger partial charge in [0, 0.05) is 12.1 Å². The lowest BCUT2D eigenvalue weighted by Crippen LogP contribution is -2.36. The van der Waals surface area contributed by atoms with Crippen LogP contribution < -0.4 is 5.32 Å². The van der Waals surface area contributed by atoms with E-state index in [4.69, 9.17) is 0 Å². The molecular formula is C16H19F6NO. The Balaban J connectivity index is 2.24. The number of halogens is 6. The molecule has 1 saturated carbocycles. The maximum atomic E-state index is 12.9. The maximum absolute atomic E-state index is 12.9. The largest absolute Gasteiger partial charge is 0.416 e. The molecule has 0 aromatic heterocycles. The van der Waals surface area contributed by atoms with Crippen LogP contribution in [0.2, 0.25) is 0 Å². The molecule has 0 bridgehead atoms. The normalized spacial score (nSPS) is 24.0. The Morgan fingerprint density at radius 2 is 1.38 bits per heavy atom. The van der Waals surface area contributed by atoms with Crippen LogP contribution in [0, 0.1) is 0 Å². The molecule has 1 aromatic carbocycles. The number of rotatable bonds is 3. The first-order chi connectivity index (χ1) is 11.0. The Morgan fingerprint density at radius 1 is 0.917 bits per heavy atom. The number of nitrogens with one attached hydrogen (secondary N) is 1. The third-order valence-electron chi connectivity index (χ3n) is 4.29. The van der Waals surface area contributed by atoms with Crippen molar-refractivity contribution >= 4 is 0 Å². The van der Waals surface area contributed by atoms with Gasteiger partial charge in [-0.3, -0.25) is 0 Å². The summed E-state index contributed by atoms with van der Waals surface area (Å²) in [4.78, 5) is 0. The Labute approximate surface area is 135 Å². The summed E-state index contributed by atoms with van der Waals surface area (Å²) in [6.07, 6.45) is -7.66. The van der Waals surface area contributed by atoms with Crippen molar-refractivity contribution in [3.05, 3.63) is 34.9 Å². The van der Waals surface area contributed by atoms with Gasteiger partial charge in [-0.25, -0.2) is 0 Å². The molecule has 1 aliphatic carbocycles. The van der Waals surface area contributed by atoms with Crippen LogP contribution in [-0.2, 0) is 12.4 Å². The van der Waals surface area contributed by atoms with E-state index in [1.807, 2.05) is 0 Å². The molecule has 1 fully saturated rings. The van der Waals surface area contributed by atoms with Crippen molar-refractivity contribution in [1.82, 2.24) is 5.32 Å². The van der Waals surface area contributed by atoms with Gasteiger partial charge in [0.25, 0.3) is 0 Å². The van der Waals surface area contributed by atoms with Crippen LogP contribution in [0.1, 0.15) is 55.3 Å². The first-order valence-electron chi connectivity index (χ1n) is 7.70. The van der Waals surface area contributed by atoms with E-state index in [1.54, 1.807) is 6.92 Å². The summed E-state index contributed by atoms with van der Waals surface area (Å²) in [5.74, 6) is 0. The van der Waals surface area contributed by atoms with Crippen LogP contribution >= 0.6 is 0 Å². The Hall–Kier alpha value is -1.28. The summed E-state index contributed by atoms with van der Waals surface area (Å²) < 4.78 is 77.3. The van der Waals surface area contributed by atoms with Crippen molar-refractivity contribution in [2.45, 2.75) is 63.1 Å². The standard InChI is InChI=1S/C16H19F6NO/c1-9(23-13-2-4-14(24)5-3-13)10-6-11(15(17,18)19)8-12(7-10)16(20,21)22/h6-9,13-14,23-24H,2-5H2,1H3. The minimum atomic E-state index is -4.84. The summed E-state index contributed by atoms with van der Waals surface area (Å²) in [5.41, 5.74) is -2.66. The molecular weight excluding hydrogens is 336 g/mol. The lowest BCUT2D eigenvalue weighted by atomic mass is 9.91. The molecule has 0 spiro atoms. The second-order valence-electron chi connectivity index (χ2n) is 6.23. The molecule has 2 N–H and O–H groups in total. The number of hydrogen-bond donors (Lipinski definition) is 2. The van der Waals surface area contributed by atoms with Crippen LogP contribution in [0.5, 0.6) is 0 Å². The van der Waals surface area contributed by atoms with Crippen molar-refractivity contribution in [2.24, 2.45) is 0 Å². The highest BCUT2D eigenvalue weighted by Crippen LogP contribution is 2.37. The summed E-state index contributed by atoms with van der Waals surface area (Å²) in [6, 6.07) is 0.948. The molecule has 1 aliphatic rings. The Kier molecular flexibility index (Phi) is 5.49. The number of alkyl halides is 6. The molecule has 0 radical (unpaired) electrons. The van der Waals surface area contributed by atoms with Crippen LogP contribution in [0.15, 0.2) is 18.2 Å². The van der Waals surface area contributed by atoms with Crippen molar-refractivity contribution in [1.29, 1.82) is 0 Å². The molecule has 1 aromatic rings. The van der Waals surface area contributed by atoms with E-state index in [2.05, 4.69) is 5.32 Å². The first-order valence-corrected chi connectivity index (χ1v) is 7.70. The average molecular weight is 355 g/mol.